The molecule has 214 valence electrons. The van der Waals surface area contributed by atoms with E-state index in [9.17, 15) is 18.0 Å². The molecular formula is C27H33ClF3N3O5. The third-order valence-corrected chi connectivity index (χ3v) is 7.75. The van der Waals surface area contributed by atoms with E-state index in [2.05, 4.69) is 34.7 Å². The molecule has 12 heteroatoms. The van der Waals surface area contributed by atoms with Gasteiger partial charge in [-0.1, -0.05) is 23.7 Å². The summed E-state index contributed by atoms with van der Waals surface area (Å²) in [4.78, 5) is 24.0. The quantitative estimate of drug-likeness (QED) is 0.431. The minimum atomic E-state index is -5.08. The van der Waals surface area contributed by atoms with E-state index in [0.29, 0.717) is 11.1 Å². The molecule has 3 unspecified atom stereocenters. The normalized spacial score (nSPS) is 22.7. The third-order valence-electron chi connectivity index (χ3n) is 7.51. The summed E-state index contributed by atoms with van der Waals surface area (Å²) in [6, 6.07) is 12.1. The summed E-state index contributed by atoms with van der Waals surface area (Å²) in [5.74, 6) is -1.24. The van der Waals surface area contributed by atoms with Gasteiger partial charge in [0.15, 0.2) is 11.5 Å². The molecule has 2 aromatic rings. The van der Waals surface area contributed by atoms with Gasteiger partial charge in [0.25, 0.3) is 0 Å². The third kappa shape index (κ3) is 7.07. The highest BCUT2D eigenvalue weighted by Crippen LogP contribution is 2.49. The van der Waals surface area contributed by atoms with Gasteiger partial charge in [-0.05, 0) is 81.6 Å². The second-order valence-corrected chi connectivity index (χ2v) is 10.2. The number of aryl methyl sites for hydroxylation is 1. The summed E-state index contributed by atoms with van der Waals surface area (Å²) >= 11 is 6.09. The number of alkyl halides is 3. The summed E-state index contributed by atoms with van der Waals surface area (Å²) in [6.45, 7) is 3.00. The Morgan fingerprint density at radius 1 is 1.10 bits per heavy atom. The van der Waals surface area contributed by atoms with Crippen LogP contribution >= 0.6 is 11.6 Å². The van der Waals surface area contributed by atoms with E-state index in [-0.39, 0.29) is 17.5 Å². The molecule has 2 aliphatic rings. The monoisotopic (exact) mass is 571 g/mol. The van der Waals surface area contributed by atoms with Crippen molar-refractivity contribution in [2.45, 2.75) is 56.3 Å². The van der Waals surface area contributed by atoms with Gasteiger partial charge in [-0.25, -0.2) is 9.59 Å². The molecule has 2 fully saturated rings. The molecule has 2 aromatic carbocycles. The van der Waals surface area contributed by atoms with Crippen molar-refractivity contribution in [1.29, 1.82) is 0 Å². The van der Waals surface area contributed by atoms with E-state index in [1.54, 1.807) is 20.3 Å². The number of carboxylic acids is 1. The van der Waals surface area contributed by atoms with Crippen molar-refractivity contribution in [3.05, 3.63) is 52.5 Å². The summed E-state index contributed by atoms with van der Waals surface area (Å²) in [7, 11) is 5.53. The van der Waals surface area contributed by atoms with Crippen LogP contribution in [0.3, 0.4) is 0 Å². The number of carbonyl (C=O) groups is 2. The number of likely N-dealkylation sites (tertiary alicyclic amines) is 1. The van der Waals surface area contributed by atoms with E-state index >= 15 is 0 Å². The van der Waals surface area contributed by atoms with E-state index in [1.165, 1.54) is 5.56 Å². The van der Waals surface area contributed by atoms with Crippen molar-refractivity contribution in [3.8, 4) is 11.5 Å². The second-order valence-electron chi connectivity index (χ2n) is 9.80. The van der Waals surface area contributed by atoms with E-state index in [0.717, 1.165) is 55.0 Å². The molecule has 3 atom stereocenters. The molecule has 0 spiro atoms. The summed E-state index contributed by atoms with van der Waals surface area (Å²) < 4.78 is 42.7. The Labute approximate surface area is 230 Å². The minimum Gasteiger partial charge on any atom is -0.493 e. The summed E-state index contributed by atoms with van der Waals surface area (Å²) in [5, 5.41) is 13.9. The molecule has 0 bridgehead atoms. The standard InChI is InChI=1S/C25H32ClN3O3.C2HF3O2/c1-16-5-7-18(26)14-20(16)28-24(30)27-19-9-10-25(11-12-29(2)23(25)15-19)17-6-8-21(31-3)22(13-17)32-4;3-2(4,5)1(6)7/h5-8,13-14,19,23H,9-12,15H2,1-4H3,(H2,27,28,30);(H,6,7). The lowest BCUT2D eigenvalue weighted by Gasteiger charge is -2.45. The molecule has 0 aromatic heterocycles. The number of halogens is 4. The lowest BCUT2D eigenvalue weighted by molar-refractivity contribution is -0.192. The zero-order chi connectivity index (χ0) is 29.0. The summed E-state index contributed by atoms with van der Waals surface area (Å²) in [6.07, 6.45) is -1.13. The van der Waals surface area contributed by atoms with Crippen LogP contribution < -0.4 is 20.1 Å². The van der Waals surface area contributed by atoms with Crippen LogP contribution in [0.1, 0.15) is 36.8 Å². The van der Waals surface area contributed by atoms with Crippen molar-refractivity contribution in [1.82, 2.24) is 10.2 Å². The zero-order valence-electron chi connectivity index (χ0n) is 22.2. The van der Waals surface area contributed by atoms with Crippen LogP contribution in [0.25, 0.3) is 0 Å². The number of nitrogens with one attached hydrogen (secondary N) is 2. The van der Waals surface area contributed by atoms with Crippen molar-refractivity contribution in [2.75, 3.05) is 33.1 Å². The number of carbonyl (C=O) groups excluding carboxylic acids is 1. The number of rotatable bonds is 5. The molecular weight excluding hydrogens is 539 g/mol. The molecule has 1 saturated heterocycles. The fraction of sp³-hybridized carbons (Fsp3) is 0.481. The fourth-order valence-electron chi connectivity index (χ4n) is 5.47. The number of ether oxygens (including phenoxy) is 2. The number of aliphatic carboxylic acids is 1. The first-order chi connectivity index (χ1) is 18.3. The van der Waals surface area contributed by atoms with Crippen LogP contribution in [0.4, 0.5) is 23.7 Å². The molecule has 1 saturated carbocycles. The maximum Gasteiger partial charge on any atom is 0.490 e. The van der Waals surface area contributed by atoms with Crippen LogP contribution in [-0.4, -0.2) is 68.1 Å². The SMILES string of the molecule is COc1ccc(C23CCC(NC(=O)Nc4cc(Cl)ccc4C)CC2N(C)CC3)cc1OC.O=C(O)C(F)(F)F. The van der Waals surface area contributed by atoms with E-state index < -0.39 is 12.1 Å². The minimum absolute atomic E-state index is 0.0620. The number of fused-ring (bicyclic) bond motifs is 1. The van der Waals surface area contributed by atoms with Gasteiger partial charge in [0, 0.05) is 28.2 Å². The van der Waals surface area contributed by atoms with Crippen molar-refractivity contribution in [2.24, 2.45) is 0 Å². The van der Waals surface area contributed by atoms with Crippen LogP contribution in [0.15, 0.2) is 36.4 Å². The van der Waals surface area contributed by atoms with Gasteiger partial charge in [0.2, 0.25) is 0 Å². The Morgan fingerprint density at radius 2 is 1.77 bits per heavy atom. The number of amides is 2. The van der Waals surface area contributed by atoms with Crippen LogP contribution in [0, 0.1) is 6.92 Å². The number of hydrogen-bond donors (Lipinski definition) is 3. The highest BCUT2D eigenvalue weighted by Gasteiger charge is 2.50. The number of hydrogen-bond acceptors (Lipinski definition) is 5. The fourth-order valence-corrected chi connectivity index (χ4v) is 5.64. The molecule has 4 rings (SSSR count). The molecule has 1 aliphatic carbocycles. The van der Waals surface area contributed by atoms with Gasteiger partial charge in [0.1, 0.15) is 0 Å². The van der Waals surface area contributed by atoms with Gasteiger partial charge in [-0.3, -0.25) is 0 Å². The first kappa shape index (κ1) is 30.4. The molecule has 1 heterocycles. The van der Waals surface area contributed by atoms with Gasteiger partial charge in [-0.15, -0.1) is 0 Å². The van der Waals surface area contributed by atoms with Crippen LogP contribution in [0.5, 0.6) is 11.5 Å². The Kier molecular flexibility index (Phi) is 9.60. The molecule has 1 aliphatic heterocycles. The van der Waals surface area contributed by atoms with Crippen molar-refractivity contribution in [3.63, 3.8) is 0 Å². The number of anilines is 1. The predicted octanol–water partition coefficient (Wildman–Crippen LogP) is 5.62. The number of nitrogens with zero attached hydrogens (tertiary/aromatic N) is 1. The summed E-state index contributed by atoms with van der Waals surface area (Å²) in [5.41, 5.74) is 3.08. The smallest absolute Gasteiger partial charge is 0.490 e. The highest BCUT2D eigenvalue weighted by molar-refractivity contribution is 6.31. The molecule has 2 amide bonds. The van der Waals surface area contributed by atoms with Gasteiger partial charge < -0.3 is 30.1 Å². The zero-order valence-corrected chi connectivity index (χ0v) is 22.9. The van der Waals surface area contributed by atoms with Crippen molar-refractivity contribution < 1.29 is 37.3 Å². The Morgan fingerprint density at radius 3 is 2.38 bits per heavy atom. The number of carboxylic acid groups (broad SMARTS) is 1. The first-order valence-electron chi connectivity index (χ1n) is 12.4. The Balaban J connectivity index is 0.000000532. The number of urea groups is 1. The van der Waals surface area contributed by atoms with Gasteiger partial charge in [-0.2, -0.15) is 13.2 Å². The van der Waals surface area contributed by atoms with Crippen LogP contribution in [-0.2, 0) is 10.2 Å². The largest absolute Gasteiger partial charge is 0.493 e. The van der Waals surface area contributed by atoms with Crippen LogP contribution in [0.2, 0.25) is 5.02 Å². The average Bonchev–Trinajstić information content (AvgIpc) is 3.22. The highest BCUT2D eigenvalue weighted by atomic mass is 35.5. The molecule has 8 nitrogen and oxygen atoms in total. The number of methoxy groups -OCH3 is 2. The van der Waals surface area contributed by atoms with E-state index in [4.69, 9.17) is 31.0 Å². The first-order valence-corrected chi connectivity index (χ1v) is 12.7. The molecule has 3 N–H and O–H groups in total. The lowest BCUT2D eigenvalue weighted by atomic mass is 9.65. The molecule has 0 radical (unpaired) electrons. The number of likely N-dealkylation sites (N-methyl/N-ethyl adjacent to an activating group) is 1. The van der Waals surface area contributed by atoms with E-state index in [1.807, 2.05) is 25.1 Å². The second kappa shape index (κ2) is 12.3. The van der Waals surface area contributed by atoms with Gasteiger partial charge in [0.05, 0.1) is 14.2 Å². The Bertz CT molecular complexity index is 1200. The van der Waals surface area contributed by atoms with Crippen molar-refractivity contribution >= 4 is 29.3 Å². The number of benzene rings is 2. The average molecular weight is 572 g/mol. The maximum absolute atomic E-state index is 12.7. The molecule has 39 heavy (non-hydrogen) atoms. The Hall–Kier alpha value is -3.18. The maximum atomic E-state index is 12.7. The predicted molar refractivity (Wildman–Crippen MR) is 142 cm³/mol. The van der Waals surface area contributed by atoms with Gasteiger partial charge >= 0.3 is 18.2 Å². The lowest BCUT2D eigenvalue weighted by Crippen LogP contribution is -2.52. The topological polar surface area (TPSA) is 100 Å².